The van der Waals surface area contributed by atoms with Crippen LogP contribution < -0.4 is 0 Å². The quantitative estimate of drug-likeness (QED) is 0.131. The first-order valence-corrected chi connectivity index (χ1v) is 16.8. The number of benzene rings is 6. The second-order valence-corrected chi connectivity index (χ2v) is 12.6. The first-order chi connectivity index (χ1) is 25.5. The van der Waals surface area contributed by atoms with Gasteiger partial charge < -0.3 is 9.13 Å². The van der Waals surface area contributed by atoms with Crippen LogP contribution in [0.1, 0.15) is 27.9 Å². The van der Waals surface area contributed by atoms with Crippen LogP contribution in [0.5, 0.6) is 0 Å². The minimum atomic E-state index is 0.366. The van der Waals surface area contributed by atoms with Gasteiger partial charge in [0.15, 0.2) is 0 Å². The maximum absolute atomic E-state index is 10.5. The lowest BCUT2D eigenvalue weighted by atomic mass is 9.94. The van der Waals surface area contributed by atoms with Gasteiger partial charge in [-0.25, -0.2) is 0 Å². The monoisotopic (exact) mass is 663 g/mol. The molecule has 0 N–H and O–H groups in total. The van der Waals surface area contributed by atoms with Crippen molar-refractivity contribution >= 4 is 38.8 Å². The molecular formula is C47H29N5. The van der Waals surface area contributed by atoms with Crippen LogP contribution in [0.4, 0.5) is 0 Å². The fourth-order valence-electron chi connectivity index (χ4n) is 7.30. The highest BCUT2D eigenvalue weighted by atomic mass is 15.0. The highest BCUT2D eigenvalue weighted by molar-refractivity contribution is 6.09. The van der Waals surface area contributed by atoms with Crippen molar-refractivity contribution in [3.8, 4) is 51.8 Å². The van der Waals surface area contributed by atoms with Gasteiger partial charge in [0, 0.05) is 33.1 Å². The summed E-state index contributed by atoms with van der Waals surface area (Å²) in [5, 5.41) is 33.6. The van der Waals surface area contributed by atoms with Crippen LogP contribution >= 0.6 is 0 Å². The molecule has 6 aromatic carbocycles. The summed E-state index contributed by atoms with van der Waals surface area (Å²) in [4.78, 5) is 0. The van der Waals surface area contributed by atoms with E-state index in [1.807, 2.05) is 49.4 Å². The Morgan fingerprint density at radius 2 is 1.25 bits per heavy atom. The van der Waals surface area contributed by atoms with Gasteiger partial charge in [-0.15, -0.1) is 5.73 Å². The number of para-hydroxylation sites is 2. The summed E-state index contributed by atoms with van der Waals surface area (Å²) in [5.74, 6) is 0. The molecular weight excluding hydrogens is 635 g/mol. The highest BCUT2D eigenvalue weighted by Gasteiger charge is 2.22. The molecule has 0 aliphatic carbocycles. The maximum Gasteiger partial charge on any atom is 0.101 e. The summed E-state index contributed by atoms with van der Waals surface area (Å²) in [6.45, 7) is 5.70. The maximum atomic E-state index is 10.5. The largest absolute Gasteiger partial charge is 0.309 e. The van der Waals surface area contributed by atoms with Crippen LogP contribution in [0, 0.1) is 40.9 Å². The zero-order valence-corrected chi connectivity index (χ0v) is 28.3. The van der Waals surface area contributed by atoms with Gasteiger partial charge in [-0.2, -0.15) is 15.8 Å². The van der Waals surface area contributed by atoms with Crippen molar-refractivity contribution in [2.75, 3.05) is 0 Å². The van der Waals surface area contributed by atoms with Crippen LogP contribution in [0.2, 0.25) is 0 Å². The number of allylic oxidation sites excluding steroid dienone is 2. The van der Waals surface area contributed by atoms with Gasteiger partial charge in [0.05, 0.1) is 51.1 Å². The van der Waals surface area contributed by atoms with Crippen LogP contribution in [0.25, 0.3) is 72.4 Å². The van der Waals surface area contributed by atoms with Gasteiger partial charge in [-0.3, -0.25) is 0 Å². The third kappa shape index (κ3) is 5.18. The van der Waals surface area contributed by atoms with Crippen molar-refractivity contribution in [1.29, 1.82) is 15.8 Å². The fraction of sp³-hybridized carbons (Fsp3) is 0.0213. The molecule has 0 amide bonds. The molecule has 8 rings (SSSR count). The molecule has 2 heterocycles. The van der Waals surface area contributed by atoms with E-state index >= 15 is 0 Å². The third-order valence-electron chi connectivity index (χ3n) is 9.66. The molecule has 52 heavy (non-hydrogen) atoms. The van der Waals surface area contributed by atoms with E-state index in [2.05, 4.69) is 125 Å². The molecule has 0 saturated heterocycles. The van der Waals surface area contributed by atoms with Crippen molar-refractivity contribution in [1.82, 2.24) is 9.13 Å². The Labute approximate surface area is 301 Å². The summed E-state index contributed by atoms with van der Waals surface area (Å²) in [6.07, 6.45) is 5.54. The molecule has 0 unspecified atom stereocenters. The smallest absolute Gasteiger partial charge is 0.101 e. The topological polar surface area (TPSA) is 81.2 Å². The summed E-state index contributed by atoms with van der Waals surface area (Å²) in [6, 6.07) is 49.7. The molecule has 5 heteroatoms. The Morgan fingerprint density at radius 3 is 1.92 bits per heavy atom. The molecule has 242 valence electrons. The van der Waals surface area contributed by atoms with E-state index in [9.17, 15) is 15.8 Å². The molecule has 0 aliphatic rings. The van der Waals surface area contributed by atoms with Gasteiger partial charge in [0.2, 0.25) is 0 Å². The minimum absolute atomic E-state index is 0.366. The van der Waals surface area contributed by atoms with E-state index in [0.29, 0.717) is 22.4 Å². The standard InChI is InChI=1S/C47H29N5/c1-3-4-5-15-43-31(2)41-25-32(28-48)18-23-46(41)52(43)47-37(30-50)24-33(29-49)26-42(47)36-12-10-11-35(27-36)34-19-21-38(22-20-34)51-44-16-8-6-13-39(44)40-14-7-9-17-45(40)51/h4-27H,1H2,2H3/b15-5-. The number of fused-ring (bicyclic) bond motifs is 4. The summed E-state index contributed by atoms with van der Waals surface area (Å²) < 4.78 is 4.36. The molecule has 8 aromatic rings. The predicted molar refractivity (Wildman–Crippen MR) is 210 cm³/mol. The molecule has 0 atom stereocenters. The molecule has 0 radical (unpaired) electrons. The zero-order chi connectivity index (χ0) is 35.8. The van der Waals surface area contributed by atoms with Crippen molar-refractivity contribution in [3.05, 3.63) is 180 Å². The van der Waals surface area contributed by atoms with E-state index in [-0.39, 0.29) is 0 Å². The number of aromatic nitrogens is 2. The van der Waals surface area contributed by atoms with Gasteiger partial charge in [0.25, 0.3) is 0 Å². The van der Waals surface area contributed by atoms with Crippen LogP contribution in [0.15, 0.2) is 152 Å². The predicted octanol–water partition coefficient (Wildman–Crippen LogP) is 11.3. The summed E-state index contributed by atoms with van der Waals surface area (Å²) in [7, 11) is 0. The van der Waals surface area contributed by atoms with Crippen molar-refractivity contribution in [2.45, 2.75) is 6.92 Å². The summed E-state index contributed by atoms with van der Waals surface area (Å²) >= 11 is 0. The van der Waals surface area contributed by atoms with Gasteiger partial charge in [0.1, 0.15) is 6.07 Å². The van der Waals surface area contributed by atoms with Crippen LogP contribution in [-0.2, 0) is 0 Å². The Morgan fingerprint density at radius 1 is 0.577 bits per heavy atom. The SMILES string of the molecule is C=C=C/C=C\c1c(C)c2cc(C#N)ccc2n1-c1c(C#N)cc(C#N)cc1-c1cccc(-c2ccc(-n3c4ccccc4c4ccccc43)cc2)c1. The number of hydrogen-bond donors (Lipinski definition) is 0. The average Bonchev–Trinajstić information content (AvgIpc) is 3.68. The minimum Gasteiger partial charge on any atom is -0.309 e. The Kier molecular flexibility index (Phi) is 7.92. The summed E-state index contributed by atoms with van der Waals surface area (Å²) in [5.41, 5.74) is 14.4. The fourth-order valence-corrected chi connectivity index (χ4v) is 7.30. The van der Waals surface area contributed by atoms with E-state index in [1.54, 1.807) is 18.2 Å². The van der Waals surface area contributed by atoms with E-state index in [0.717, 1.165) is 61.1 Å². The average molecular weight is 664 g/mol. The molecule has 0 bridgehead atoms. The zero-order valence-electron chi connectivity index (χ0n) is 28.3. The van der Waals surface area contributed by atoms with E-state index < -0.39 is 0 Å². The number of aryl methyl sites for hydroxylation is 1. The van der Waals surface area contributed by atoms with E-state index in [4.69, 9.17) is 0 Å². The van der Waals surface area contributed by atoms with E-state index in [1.165, 1.54) is 10.8 Å². The van der Waals surface area contributed by atoms with Crippen LogP contribution in [-0.4, -0.2) is 9.13 Å². The normalized spacial score (nSPS) is 11.0. The number of hydrogen-bond acceptors (Lipinski definition) is 3. The lowest BCUT2D eigenvalue weighted by Gasteiger charge is -2.18. The number of rotatable bonds is 6. The molecule has 2 aromatic heterocycles. The molecule has 0 aliphatic heterocycles. The number of nitriles is 3. The van der Waals surface area contributed by atoms with Crippen molar-refractivity contribution in [2.24, 2.45) is 0 Å². The third-order valence-corrected chi connectivity index (χ3v) is 9.66. The first kappa shape index (κ1) is 31.6. The molecule has 0 fully saturated rings. The van der Waals surface area contributed by atoms with Gasteiger partial charge in [-0.05, 0) is 102 Å². The number of nitrogens with zero attached hydrogens (tertiary/aromatic N) is 5. The van der Waals surface area contributed by atoms with Crippen molar-refractivity contribution < 1.29 is 0 Å². The lowest BCUT2D eigenvalue weighted by Crippen LogP contribution is -2.04. The Bertz CT molecular complexity index is 2890. The van der Waals surface area contributed by atoms with Crippen molar-refractivity contribution in [3.63, 3.8) is 0 Å². The molecule has 5 nitrogen and oxygen atoms in total. The Balaban J connectivity index is 1.30. The lowest BCUT2D eigenvalue weighted by molar-refractivity contribution is 1.09. The van der Waals surface area contributed by atoms with Gasteiger partial charge in [-0.1, -0.05) is 79.4 Å². The second-order valence-electron chi connectivity index (χ2n) is 12.6. The highest BCUT2D eigenvalue weighted by Crippen LogP contribution is 2.39. The van der Waals surface area contributed by atoms with Gasteiger partial charge >= 0.3 is 0 Å². The molecule has 0 spiro atoms. The van der Waals surface area contributed by atoms with Crippen LogP contribution in [0.3, 0.4) is 0 Å². The second kappa shape index (κ2) is 13.0. The molecule has 0 saturated carbocycles. The Hall–Kier alpha value is -7.61. The first-order valence-electron chi connectivity index (χ1n) is 16.8.